The van der Waals surface area contributed by atoms with Crippen LogP contribution in [0.5, 0.6) is 5.88 Å². The van der Waals surface area contributed by atoms with E-state index in [1.54, 1.807) is 0 Å². The van der Waals surface area contributed by atoms with Crippen molar-refractivity contribution >= 4 is 11.6 Å². The topological polar surface area (TPSA) is 64.4 Å². The van der Waals surface area contributed by atoms with Crippen molar-refractivity contribution in [3.8, 4) is 5.88 Å². The van der Waals surface area contributed by atoms with E-state index in [-0.39, 0.29) is 17.3 Å². The van der Waals surface area contributed by atoms with Crippen LogP contribution in [0, 0.1) is 11.6 Å². The van der Waals surface area contributed by atoms with E-state index in [9.17, 15) is 13.6 Å². The first kappa shape index (κ1) is 12.0. The zero-order valence-electron chi connectivity index (χ0n) is 9.24. The Labute approximate surface area is 100 Å². The maximum atomic E-state index is 12.9. The van der Waals surface area contributed by atoms with E-state index in [1.165, 1.54) is 19.2 Å². The minimum Gasteiger partial charge on any atom is -0.479 e. The van der Waals surface area contributed by atoms with E-state index in [1.807, 2.05) is 0 Å². The molecule has 0 unspecified atom stereocenters. The Hall–Kier alpha value is -2.44. The van der Waals surface area contributed by atoms with Gasteiger partial charge in [-0.3, -0.25) is 4.79 Å². The molecule has 0 bridgehead atoms. The zero-order chi connectivity index (χ0) is 13.1. The van der Waals surface area contributed by atoms with Crippen molar-refractivity contribution in [2.75, 3.05) is 12.4 Å². The van der Waals surface area contributed by atoms with Gasteiger partial charge in [-0.2, -0.15) is 0 Å². The third kappa shape index (κ3) is 2.45. The lowest BCUT2D eigenvalue weighted by molar-refractivity contribution is 0.0987. The van der Waals surface area contributed by atoms with Gasteiger partial charge in [-0.1, -0.05) is 0 Å². The molecule has 0 aliphatic heterocycles. The summed E-state index contributed by atoms with van der Waals surface area (Å²) in [5, 5.41) is 5.77. The van der Waals surface area contributed by atoms with Gasteiger partial charge in [-0.05, 0) is 17.3 Å². The predicted octanol–water partition coefficient (Wildman–Crippen LogP) is 2.21. The quantitative estimate of drug-likeness (QED) is 0.912. The van der Waals surface area contributed by atoms with Crippen molar-refractivity contribution in [1.29, 1.82) is 0 Å². The molecule has 5 nitrogen and oxygen atoms in total. The highest BCUT2D eigenvalue weighted by Crippen LogP contribution is 2.16. The van der Waals surface area contributed by atoms with E-state index in [0.717, 1.165) is 12.1 Å². The number of benzene rings is 1. The summed E-state index contributed by atoms with van der Waals surface area (Å²) in [4.78, 5) is 11.6. The summed E-state index contributed by atoms with van der Waals surface area (Å²) in [6.45, 7) is 0. The number of methoxy groups -OCH3 is 1. The largest absolute Gasteiger partial charge is 0.479 e. The molecule has 18 heavy (non-hydrogen) atoms. The summed E-state index contributed by atoms with van der Waals surface area (Å²) < 4.78 is 35.0. The Balaban J connectivity index is 2.13. The van der Waals surface area contributed by atoms with E-state index >= 15 is 0 Å². The molecule has 0 spiro atoms. The Bertz CT molecular complexity index is 583. The summed E-state index contributed by atoms with van der Waals surface area (Å²) in [6.07, 6.45) is 0. The van der Waals surface area contributed by atoms with Gasteiger partial charge in [-0.25, -0.2) is 8.78 Å². The first-order valence-electron chi connectivity index (χ1n) is 4.87. The van der Waals surface area contributed by atoms with Crippen LogP contribution < -0.4 is 10.1 Å². The van der Waals surface area contributed by atoms with Gasteiger partial charge in [0, 0.05) is 11.8 Å². The highest BCUT2D eigenvalue weighted by atomic mass is 19.2. The molecule has 2 rings (SSSR count). The molecule has 0 fully saturated rings. The number of rotatable bonds is 3. The van der Waals surface area contributed by atoms with Crippen molar-refractivity contribution in [3.63, 3.8) is 0 Å². The van der Waals surface area contributed by atoms with Crippen LogP contribution in [0.4, 0.5) is 14.5 Å². The van der Waals surface area contributed by atoms with Crippen LogP contribution in [0.1, 0.15) is 10.6 Å². The normalized spacial score (nSPS) is 10.2. The fourth-order valence-corrected chi connectivity index (χ4v) is 1.23. The summed E-state index contributed by atoms with van der Waals surface area (Å²) in [5.41, 5.74) is 0.106. The maximum Gasteiger partial charge on any atom is 0.294 e. The van der Waals surface area contributed by atoms with E-state index in [4.69, 9.17) is 4.74 Å². The van der Waals surface area contributed by atoms with Crippen molar-refractivity contribution in [1.82, 2.24) is 5.16 Å². The number of anilines is 1. The van der Waals surface area contributed by atoms with E-state index in [2.05, 4.69) is 15.0 Å². The molecule has 0 atom stereocenters. The minimum atomic E-state index is -1.05. The van der Waals surface area contributed by atoms with Crippen LogP contribution in [0.3, 0.4) is 0 Å². The molecular weight excluding hydrogens is 246 g/mol. The summed E-state index contributed by atoms with van der Waals surface area (Å²) in [5.74, 6) is -2.64. The summed E-state index contributed by atoms with van der Waals surface area (Å²) in [6, 6.07) is 4.27. The molecule has 0 radical (unpaired) electrons. The molecule has 0 saturated heterocycles. The third-order valence-corrected chi connectivity index (χ3v) is 2.10. The van der Waals surface area contributed by atoms with Gasteiger partial charge in [0.2, 0.25) is 5.76 Å². The second kappa shape index (κ2) is 4.82. The van der Waals surface area contributed by atoms with Crippen LogP contribution in [0.2, 0.25) is 0 Å². The number of amides is 1. The molecule has 1 heterocycles. The predicted molar refractivity (Wildman–Crippen MR) is 57.4 cm³/mol. The molecular formula is C11H8F2N2O3. The van der Waals surface area contributed by atoms with Gasteiger partial charge < -0.3 is 14.6 Å². The SMILES string of the molecule is COc1cc(C(=O)Nc2ccc(F)c(F)c2)on1. The van der Waals surface area contributed by atoms with Crippen molar-refractivity contribution in [3.05, 3.63) is 41.7 Å². The monoisotopic (exact) mass is 254 g/mol. The van der Waals surface area contributed by atoms with Gasteiger partial charge in [0.05, 0.1) is 13.2 Å². The number of hydrogen-bond donors (Lipinski definition) is 1. The summed E-state index contributed by atoms with van der Waals surface area (Å²) in [7, 11) is 1.37. The number of aromatic nitrogens is 1. The van der Waals surface area contributed by atoms with Gasteiger partial charge in [0.25, 0.3) is 11.8 Å². The average molecular weight is 254 g/mol. The highest BCUT2D eigenvalue weighted by molar-refractivity contribution is 6.02. The number of halogens is 2. The lowest BCUT2D eigenvalue weighted by Gasteiger charge is -2.02. The van der Waals surface area contributed by atoms with E-state index < -0.39 is 17.5 Å². The number of nitrogens with zero attached hydrogens (tertiary/aromatic N) is 1. The first-order chi connectivity index (χ1) is 8.60. The lowest BCUT2D eigenvalue weighted by atomic mass is 10.3. The Morgan fingerprint density at radius 1 is 1.33 bits per heavy atom. The van der Waals surface area contributed by atoms with Crippen molar-refractivity contribution < 1.29 is 22.8 Å². The lowest BCUT2D eigenvalue weighted by Crippen LogP contribution is -2.11. The number of carbonyl (C=O) groups excluding carboxylic acids is 1. The zero-order valence-corrected chi connectivity index (χ0v) is 9.24. The Morgan fingerprint density at radius 2 is 2.11 bits per heavy atom. The summed E-state index contributed by atoms with van der Waals surface area (Å²) >= 11 is 0. The average Bonchev–Trinajstić information content (AvgIpc) is 2.82. The molecule has 0 saturated carbocycles. The molecule has 0 aliphatic carbocycles. The van der Waals surface area contributed by atoms with Crippen LogP contribution in [0.25, 0.3) is 0 Å². The van der Waals surface area contributed by atoms with Gasteiger partial charge in [-0.15, -0.1) is 0 Å². The number of hydrogen-bond acceptors (Lipinski definition) is 4. The molecule has 1 amide bonds. The standard InChI is InChI=1S/C11H8F2N2O3/c1-17-10-5-9(18-15-10)11(16)14-6-2-3-7(12)8(13)4-6/h2-5H,1H3,(H,14,16). The molecule has 0 aliphatic rings. The van der Waals surface area contributed by atoms with Crippen LogP contribution in [0.15, 0.2) is 28.8 Å². The molecule has 1 aromatic carbocycles. The maximum absolute atomic E-state index is 12.9. The van der Waals surface area contributed by atoms with Crippen LogP contribution in [-0.2, 0) is 0 Å². The molecule has 94 valence electrons. The first-order valence-corrected chi connectivity index (χ1v) is 4.87. The van der Waals surface area contributed by atoms with Crippen molar-refractivity contribution in [2.24, 2.45) is 0 Å². The Morgan fingerprint density at radius 3 is 2.72 bits per heavy atom. The smallest absolute Gasteiger partial charge is 0.294 e. The third-order valence-electron chi connectivity index (χ3n) is 2.10. The molecule has 1 aromatic heterocycles. The molecule has 2 aromatic rings. The molecule has 7 heteroatoms. The Kier molecular flexibility index (Phi) is 3.22. The van der Waals surface area contributed by atoms with Crippen molar-refractivity contribution in [2.45, 2.75) is 0 Å². The number of carbonyl (C=O) groups is 1. The van der Waals surface area contributed by atoms with Gasteiger partial charge >= 0.3 is 0 Å². The van der Waals surface area contributed by atoms with E-state index in [0.29, 0.717) is 0 Å². The van der Waals surface area contributed by atoms with Crippen LogP contribution in [-0.4, -0.2) is 18.2 Å². The fourth-order valence-electron chi connectivity index (χ4n) is 1.23. The second-order valence-electron chi connectivity index (χ2n) is 3.32. The number of nitrogens with one attached hydrogen (secondary N) is 1. The second-order valence-corrected chi connectivity index (χ2v) is 3.32. The number of ether oxygens (including phenoxy) is 1. The van der Waals surface area contributed by atoms with Gasteiger partial charge in [0.15, 0.2) is 11.6 Å². The minimum absolute atomic E-state index is 0.100. The molecule has 1 N–H and O–H groups in total. The highest BCUT2D eigenvalue weighted by Gasteiger charge is 2.14. The van der Waals surface area contributed by atoms with Gasteiger partial charge in [0.1, 0.15) is 0 Å². The fraction of sp³-hybridized carbons (Fsp3) is 0.0909. The van der Waals surface area contributed by atoms with Crippen LogP contribution >= 0.6 is 0 Å².